The maximum atomic E-state index is 12.2. The number of carbonyl (C=O) groups is 1. The predicted molar refractivity (Wildman–Crippen MR) is 82.4 cm³/mol. The van der Waals surface area contributed by atoms with Gasteiger partial charge in [0, 0.05) is 24.6 Å². The molecule has 0 spiro atoms. The summed E-state index contributed by atoms with van der Waals surface area (Å²) in [5, 5.41) is 20.6. The Balaban J connectivity index is 1.77. The third kappa shape index (κ3) is 2.71. The molecule has 7 heteroatoms. The van der Waals surface area contributed by atoms with Crippen LogP contribution in [-0.4, -0.2) is 39.7 Å². The minimum atomic E-state index is -0.608. The molecule has 1 amide bonds. The van der Waals surface area contributed by atoms with Crippen molar-refractivity contribution in [2.45, 2.75) is 38.2 Å². The Morgan fingerprint density at radius 1 is 1.48 bits per heavy atom. The van der Waals surface area contributed by atoms with Gasteiger partial charge in [0.15, 0.2) is 5.75 Å². The van der Waals surface area contributed by atoms with E-state index in [2.05, 4.69) is 0 Å². The van der Waals surface area contributed by atoms with Crippen LogP contribution in [0.3, 0.4) is 0 Å². The van der Waals surface area contributed by atoms with E-state index in [1.54, 1.807) is 11.0 Å². The molecular weight excluding hydrogens is 300 g/mol. The molecule has 1 heterocycles. The Labute approximate surface area is 134 Å². The zero-order valence-corrected chi connectivity index (χ0v) is 13.4. The number of hydrogen-bond donors (Lipinski definition) is 1. The van der Waals surface area contributed by atoms with Gasteiger partial charge in [-0.05, 0) is 44.7 Å². The summed E-state index contributed by atoms with van der Waals surface area (Å²) in [4.78, 5) is 24.0. The van der Waals surface area contributed by atoms with Crippen LogP contribution in [0.1, 0.15) is 32.8 Å². The van der Waals surface area contributed by atoms with Gasteiger partial charge in [0.2, 0.25) is 0 Å². The molecular formula is C16H20N2O5. The van der Waals surface area contributed by atoms with E-state index < -0.39 is 10.5 Å². The number of carbonyl (C=O) groups excluding carboxylic acids is 1. The van der Waals surface area contributed by atoms with E-state index in [1.165, 1.54) is 12.1 Å². The van der Waals surface area contributed by atoms with Gasteiger partial charge >= 0.3 is 11.8 Å². The molecule has 3 rings (SSSR count). The van der Waals surface area contributed by atoms with Gasteiger partial charge in [0.25, 0.3) is 0 Å². The molecule has 2 atom stereocenters. The van der Waals surface area contributed by atoms with Crippen molar-refractivity contribution in [2.75, 3.05) is 13.1 Å². The molecule has 1 aromatic carbocycles. The molecule has 0 bridgehead atoms. The quantitative estimate of drug-likeness (QED) is 0.668. The molecule has 2 fully saturated rings. The van der Waals surface area contributed by atoms with Crippen molar-refractivity contribution in [3.63, 3.8) is 0 Å². The summed E-state index contributed by atoms with van der Waals surface area (Å²) < 4.78 is 5.39. The van der Waals surface area contributed by atoms with Crippen LogP contribution in [0.4, 0.5) is 10.5 Å². The molecule has 1 unspecified atom stereocenters. The first-order valence-electron chi connectivity index (χ1n) is 7.58. The number of amides is 1. The molecule has 0 radical (unpaired) electrons. The standard InChI is InChI=1S/C16H20N2O5/c1-15(2,3)23-14(20)17-8-11-7-16(11,9-17)10-4-5-12(18(21)22)13(19)6-10/h4-6,11,19H,7-9H2,1-3H3/t11-,16?/m1/s1. The minimum Gasteiger partial charge on any atom is -0.502 e. The van der Waals surface area contributed by atoms with Crippen LogP contribution in [0.5, 0.6) is 5.75 Å². The van der Waals surface area contributed by atoms with Gasteiger partial charge in [-0.15, -0.1) is 0 Å². The van der Waals surface area contributed by atoms with E-state index in [-0.39, 0.29) is 22.9 Å². The van der Waals surface area contributed by atoms with Crippen molar-refractivity contribution >= 4 is 11.8 Å². The summed E-state index contributed by atoms with van der Waals surface area (Å²) in [6.45, 7) is 6.61. The van der Waals surface area contributed by atoms with Crippen LogP contribution in [-0.2, 0) is 10.2 Å². The Kier molecular flexibility index (Phi) is 3.28. The summed E-state index contributed by atoms with van der Waals surface area (Å²) in [6.07, 6.45) is 0.582. The van der Waals surface area contributed by atoms with E-state index in [4.69, 9.17) is 4.74 Å². The van der Waals surface area contributed by atoms with Crippen LogP contribution >= 0.6 is 0 Å². The Hall–Kier alpha value is -2.31. The lowest BCUT2D eigenvalue weighted by Crippen LogP contribution is -2.37. The zero-order valence-electron chi connectivity index (χ0n) is 13.4. The largest absolute Gasteiger partial charge is 0.502 e. The van der Waals surface area contributed by atoms with Gasteiger partial charge in [-0.3, -0.25) is 10.1 Å². The fourth-order valence-corrected chi connectivity index (χ4v) is 3.38. The number of piperidine rings is 1. The molecule has 124 valence electrons. The first kappa shape index (κ1) is 15.6. The van der Waals surface area contributed by atoms with Crippen molar-refractivity contribution < 1.29 is 19.6 Å². The molecule has 1 N–H and O–H groups in total. The highest BCUT2D eigenvalue weighted by Gasteiger charge is 2.62. The minimum absolute atomic E-state index is 0.205. The Bertz CT molecular complexity index is 682. The van der Waals surface area contributed by atoms with Crippen LogP contribution in [0, 0.1) is 16.0 Å². The average molecular weight is 320 g/mol. The second-order valence-electron chi connectivity index (χ2n) is 7.38. The van der Waals surface area contributed by atoms with Crippen molar-refractivity contribution in [3.05, 3.63) is 33.9 Å². The number of phenols is 1. The number of phenolic OH excluding ortho intramolecular Hbond substituents is 1. The maximum absolute atomic E-state index is 12.2. The predicted octanol–water partition coefficient (Wildman–Crippen LogP) is 2.81. The lowest BCUT2D eigenvalue weighted by Gasteiger charge is -2.26. The highest BCUT2D eigenvalue weighted by atomic mass is 16.6. The molecule has 1 saturated carbocycles. The molecule has 1 aliphatic carbocycles. The van der Waals surface area contributed by atoms with Gasteiger partial charge in [-0.1, -0.05) is 6.07 Å². The van der Waals surface area contributed by atoms with Crippen LogP contribution in [0.2, 0.25) is 0 Å². The van der Waals surface area contributed by atoms with Gasteiger partial charge in [-0.25, -0.2) is 4.79 Å². The maximum Gasteiger partial charge on any atom is 0.410 e. The molecule has 2 aliphatic rings. The number of likely N-dealkylation sites (tertiary alicyclic amines) is 1. The summed E-state index contributed by atoms with van der Waals surface area (Å²) >= 11 is 0. The molecule has 23 heavy (non-hydrogen) atoms. The smallest absolute Gasteiger partial charge is 0.410 e. The molecule has 1 saturated heterocycles. The van der Waals surface area contributed by atoms with Crippen molar-refractivity contribution in [2.24, 2.45) is 5.92 Å². The number of benzene rings is 1. The molecule has 7 nitrogen and oxygen atoms in total. The number of fused-ring (bicyclic) bond motifs is 1. The van der Waals surface area contributed by atoms with Crippen LogP contribution < -0.4 is 0 Å². The fraction of sp³-hybridized carbons (Fsp3) is 0.562. The van der Waals surface area contributed by atoms with Gasteiger partial charge < -0.3 is 14.7 Å². The second kappa shape index (κ2) is 4.84. The number of nitro benzene ring substituents is 1. The van der Waals surface area contributed by atoms with Crippen LogP contribution in [0.15, 0.2) is 18.2 Å². The highest BCUT2D eigenvalue weighted by molar-refractivity contribution is 5.70. The SMILES string of the molecule is CC(C)(C)OC(=O)N1C[C@H]2CC2(c2ccc([N+](=O)[O-])c(O)c2)C1. The highest BCUT2D eigenvalue weighted by Crippen LogP contribution is 2.59. The van der Waals surface area contributed by atoms with E-state index in [9.17, 15) is 20.0 Å². The van der Waals surface area contributed by atoms with Crippen molar-refractivity contribution in [1.82, 2.24) is 4.90 Å². The number of nitro groups is 1. The van der Waals surface area contributed by atoms with Gasteiger partial charge in [-0.2, -0.15) is 0 Å². The van der Waals surface area contributed by atoms with Crippen molar-refractivity contribution in [1.29, 1.82) is 0 Å². The van der Waals surface area contributed by atoms with E-state index in [1.807, 2.05) is 20.8 Å². The summed E-state index contributed by atoms with van der Waals surface area (Å²) in [6, 6.07) is 4.46. The summed E-state index contributed by atoms with van der Waals surface area (Å²) in [5.41, 5.74) is -0.201. The normalized spacial score (nSPS) is 25.9. The number of ether oxygens (including phenoxy) is 1. The van der Waals surface area contributed by atoms with E-state index >= 15 is 0 Å². The average Bonchev–Trinajstić information content (AvgIpc) is 2.99. The third-order valence-electron chi connectivity index (χ3n) is 4.54. The first-order chi connectivity index (χ1) is 10.6. The lowest BCUT2D eigenvalue weighted by molar-refractivity contribution is -0.385. The van der Waals surface area contributed by atoms with Crippen molar-refractivity contribution in [3.8, 4) is 5.75 Å². The van der Waals surface area contributed by atoms with Gasteiger partial charge in [0.1, 0.15) is 5.60 Å². The number of nitrogens with zero attached hydrogens (tertiary/aromatic N) is 2. The number of rotatable bonds is 2. The topological polar surface area (TPSA) is 92.9 Å². The first-order valence-corrected chi connectivity index (χ1v) is 7.58. The zero-order chi connectivity index (χ0) is 17.0. The molecule has 1 aliphatic heterocycles. The number of hydrogen-bond acceptors (Lipinski definition) is 5. The van der Waals surface area contributed by atoms with Gasteiger partial charge in [0.05, 0.1) is 4.92 Å². The fourth-order valence-electron chi connectivity index (χ4n) is 3.38. The monoisotopic (exact) mass is 320 g/mol. The lowest BCUT2D eigenvalue weighted by atomic mass is 9.94. The second-order valence-corrected chi connectivity index (χ2v) is 7.38. The number of aromatic hydroxyl groups is 1. The van der Waals surface area contributed by atoms with E-state index in [0.29, 0.717) is 19.0 Å². The van der Waals surface area contributed by atoms with E-state index in [0.717, 1.165) is 12.0 Å². The summed E-state index contributed by atoms with van der Waals surface area (Å²) in [5.74, 6) is -0.0147. The molecule has 0 aromatic heterocycles. The third-order valence-corrected chi connectivity index (χ3v) is 4.54. The molecule has 1 aromatic rings. The Morgan fingerprint density at radius 3 is 2.74 bits per heavy atom. The summed E-state index contributed by atoms with van der Waals surface area (Å²) in [7, 11) is 0. The van der Waals surface area contributed by atoms with Crippen LogP contribution in [0.25, 0.3) is 0 Å². The Morgan fingerprint density at radius 2 is 2.17 bits per heavy atom.